The van der Waals surface area contributed by atoms with Gasteiger partial charge in [0.1, 0.15) is 0 Å². The van der Waals surface area contributed by atoms with Gasteiger partial charge in [0.05, 0.1) is 5.03 Å². The van der Waals surface area contributed by atoms with Crippen LogP contribution in [0.2, 0.25) is 0 Å². The van der Waals surface area contributed by atoms with Gasteiger partial charge in [-0.1, -0.05) is 24.3 Å². The van der Waals surface area contributed by atoms with Crippen molar-refractivity contribution in [2.24, 2.45) is 0 Å². The van der Waals surface area contributed by atoms with E-state index in [-0.39, 0.29) is 0 Å². The normalized spacial score (nSPS) is 12.4. The predicted molar refractivity (Wildman–Crippen MR) is 87.4 cm³/mol. The quantitative estimate of drug-likeness (QED) is 0.839. The lowest BCUT2D eigenvalue weighted by molar-refractivity contribution is 0.657. The Kier molecular flexibility index (Phi) is 5.21. The molecule has 0 fully saturated rings. The maximum absolute atomic E-state index is 4.59. The Morgan fingerprint density at radius 1 is 1.15 bits per heavy atom. The summed E-state index contributed by atoms with van der Waals surface area (Å²) in [7, 11) is 2.02. The largest absolute Gasteiger partial charge is 0.312 e. The van der Waals surface area contributed by atoms with Crippen molar-refractivity contribution in [2.45, 2.75) is 31.8 Å². The molecule has 0 aliphatic rings. The number of benzene rings is 1. The van der Waals surface area contributed by atoms with Crippen LogP contribution < -0.4 is 5.32 Å². The first-order valence-electron chi connectivity index (χ1n) is 6.91. The van der Waals surface area contributed by atoms with Crippen molar-refractivity contribution in [3.05, 3.63) is 58.8 Å². The summed E-state index contributed by atoms with van der Waals surface area (Å²) in [5.74, 6) is 0.983. The van der Waals surface area contributed by atoms with Crippen molar-refractivity contribution >= 4 is 11.8 Å². The summed E-state index contributed by atoms with van der Waals surface area (Å²) in [6.07, 6.45) is 0. The van der Waals surface area contributed by atoms with Gasteiger partial charge in [0.25, 0.3) is 0 Å². The fraction of sp³-hybridized carbons (Fsp3) is 0.353. The first-order valence-corrected chi connectivity index (χ1v) is 7.89. The SMILES string of the molecule is CNC(CSc1cc(C)cc(C)n1)c1ccccc1C. The molecule has 1 heterocycles. The minimum absolute atomic E-state index is 0.351. The van der Waals surface area contributed by atoms with E-state index in [1.165, 1.54) is 16.7 Å². The Morgan fingerprint density at radius 3 is 2.55 bits per heavy atom. The van der Waals surface area contributed by atoms with Gasteiger partial charge in [0, 0.05) is 17.5 Å². The van der Waals surface area contributed by atoms with E-state index >= 15 is 0 Å². The smallest absolute Gasteiger partial charge is 0.0966 e. The Labute approximate surface area is 126 Å². The van der Waals surface area contributed by atoms with Crippen LogP contribution in [-0.2, 0) is 0 Å². The number of nitrogens with zero attached hydrogens (tertiary/aromatic N) is 1. The van der Waals surface area contributed by atoms with Gasteiger partial charge in [-0.15, -0.1) is 11.8 Å². The number of hydrogen-bond donors (Lipinski definition) is 1. The second-order valence-corrected chi connectivity index (χ2v) is 6.17. The van der Waals surface area contributed by atoms with Gasteiger partial charge in [-0.3, -0.25) is 0 Å². The molecule has 0 aliphatic heterocycles. The zero-order chi connectivity index (χ0) is 14.5. The Hall–Kier alpha value is -1.32. The van der Waals surface area contributed by atoms with Gasteiger partial charge in [-0.05, 0) is 56.6 Å². The van der Waals surface area contributed by atoms with E-state index in [0.29, 0.717) is 6.04 Å². The first-order chi connectivity index (χ1) is 9.60. The second kappa shape index (κ2) is 6.91. The number of aryl methyl sites for hydroxylation is 3. The van der Waals surface area contributed by atoms with Crippen LogP contribution in [0.15, 0.2) is 41.4 Å². The number of pyridine rings is 1. The molecule has 1 N–H and O–H groups in total. The summed E-state index contributed by atoms with van der Waals surface area (Å²) < 4.78 is 0. The molecule has 1 aromatic carbocycles. The molecule has 20 heavy (non-hydrogen) atoms. The van der Waals surface area contributed by atoms with Crippen molar-refractivity contribution in [3.8, 4) is 0 Å². The molecule has 0 saturated heterocycles. The Balaban J connectivity index is 2.10. The molecular formula is C17H22N2S. The minimum atomic E-state index is 0.351. The number of rotatable bonds is 5. The number of hydrogen-bond acceptors (Lipinski definition) is 3. The second-order valence-electron chi connectivity index (χ2n) is 5.13. The summed E-state index contributed by atoms with van der Waals surface area (Å²) in [4.78, 5) is 4.59. The van der Waals surface area contributed by atoms with Gasteiger partial charge in [0.2, 0.25) is 0 Å². The Bertz CT molecular complexity index is 561. The molecule has 1 atom stereocenters. The van der Waals surface area contributed by atoms with E-state index in [1.807, 2.05) is 25.7 Å². The van der Waals surface area contributed by atoms with Crippen molar-refractivity contribution < 1.29 is 0 Å². The zero-order valence-corrected chi connectivity index (χ0v) is 13.4. The molecule has 2 nitrogen and oxygen atoms in total. The molecule has 1 unspecified atom stereocenters. The van der Waals surface area contributed by atoms with E-state index in [4.69, 9.17) is 0 Å². The average molecular weight is 286 g/mol. The van der Waals surface area contributed by atoms with Gasteiger partial charge in [0.15, 0.2) is 0 Å². The first kappa shape index (κ1) is 15.1. The fourth-order valence-electron chi connectivity index (χ4n) is 2.35. The fourth-order valence-corrected chi connectivity index (χ4v) is 3.51. The van der Waals surface area contributed by atoms with Crippen LogP contribution in [0.5, 0.6) is 0 Å². The van der Waals surface area contributed by atoms with Crippen molar-refractivity contribution in [1.82, 2.24) is 10.3 Å². The molecular weight excluding hydrogens is 264 g/mol. The van der Waals surface area contributed by atoms with Gasteiger partial charge in [-0.25, -0.2) is 4.98 Å². The lowest BCUT2D eigenvalue weighted by Crippen LogP contribution is -2.19. The predicted octanol–water partition coefficient (Wildman–Crippen LogP) is 4.06. The standard InChI is InChI=1S/C17H22N2S/c1-12-9-14(3)19-17(10-12)20-11-16(18-4)15-8-6-5-7-13(15)2/h5-10,16,18H,11H2,1-4H3. The number of aromatic nitrogens is 1. The topological polar surface area (TPSA) is 24.9 Å². The summed E-state index contributed by atoms with van der Waals surface area (Å²) in [6.45, 7) is 6.34. The third-order valence-corrected chi connectivity index (χ3v) is 4.39. The van der Waals surface area contributed by atoms with Crippen molar-refractivity contribution in [1.29, 1.82) is 0 Å². The van der Waals surface area contributed by atoms with E-state index in [9.17, 15) is 0 Å². The van der Waals surface area contributed by atoms with Crippen LogP contribution >= 0.6 is 11.8 Å². The minimum Gasteiger partial charge on any atom is -0.312 e. The molecule has 0 saturated carbocycles. The molecule has 3 heteroatoms. The van der Waals surface area contributed by atoms with Gasteiger partial charge in [-0.2, -0.15) is 0 Å². The highest BCUT2D eigenvalue weighted by Crippen LogP contribution is 2.25. The summed E-state index contributed by atoms with van der Waals surface area (Å²) >= 11 is 1.81. The molecule has 0 amide bonds. The molecule has 1 aromatic heterocycles. The number of thioether (sulfide) groups is 1. The lowest BCUT2D eigenvalue weighted by Gasteiger charge is -2.18. The van der Waals surface area contributed by atoms with Crippen LogP contribution in [0, 0.1) is 20.8 Å². The summed E-state index contributed by atoms with van der Waals surface area (Å²) in [5, 5.41) is 4.52. The van der Waals surface area contributed by atoms with Crippen molar-refractivity contribution in [2.75, 3.05) is 12.8 Å². The van der Waals surface area contributed by atoms with Crippen molar-refractivity contribution in [3.63, 3.8) is 0 Å². The highest BCUT2D eigenvalue weighted by molar-refractivity contribution is 7.99. The number of nitrogens with one attached hydrogen (secondary N) is 1. The third-order valence-electron chi connectivity index (χ3n) is 3.38. The Morgan fingerprint density at radius 2 is 1.90 bits per heavy atom. The van der Waals surface area contributed by atoms with Crippen LogP contribution in [0.4, 0.5) is 0 Å². The van der Waals surface area contributed by atoms with Crippen LogP contribution in [0.25, 0.3) is 0 Å². The summed E-state index contributed by atoms with van der Waals surface area (Å²) in [5.41, 5.74) is 5.06. The molecule has 0 bridgehead atoms. The van der Waals surface area contributed by atoms with Crippen LogP contribution in [0.1, 0.15) is 28.4 Å². The van der Waals surface area contributed by atoms with Crippen LogP contribution in [0.3, 0.4) is 0 Å². The van der Waals surface area contributed by atoms with Gasteiger partial charge < -0.3 is 5.32 Å². The highest BCUT2D eigenvalue weighted by atomic mass is 32.2. The van der Waals surface area contributed by atoms with E-state index in [2.05, 4.69) is 60.5 Å². The van der Waals surface area contributed by atoms with Gasteiger partial charge >= 0.3 is 0 Å². The molecule has 2 aromatic rings. The maximum atomic E-state index is 4.59. The molecule has 2 rings (SSSR count). The molecule has 106 valence electrons. The maximum Gasteiger partial charge on any atom is 0.0966 e. The zero-order valence-electron chi connectivity index (χ0n) is 12.6. The van der Waals surface area contributed by atoms with E-state index in [0.717, 1.165) is 16.5 Å². The molecule has 0 aliphatic carbocycles. The lowest BCUT2D eigenvalue weighted by atomic mass is 10.0. The van der Waals surface area contributed by atoms with Crippen LogP contribution in [-0.4, -0.2) is 17.8 Å². The summed E-state index contributed by atoms with van der Waals surface area (Å²) in [6, 6.07) is 13.2. The molecule has 0 radical (unpaired) electrons. The monoisotopic (exact) mass is 286 g/mol. The van der Waals surface area contributed by atoms with E-state index in [1.54, 1.807) is 0 Å². The highest BCUT2D eigenvalue weighted by Gasteiger charge is 2.12. The van der Waals surface area contributed by atoms with E-state index < -0.39 is 0 Å². The average Bonchev–Trinajstić information content (AvgIpc) is 2.40. The molecule has 0 spiro atoms. The third kappa shape index (κ3) is 3.84.